The van der Waals surface area contributed by atoms with Crippen molar-refractivity contribution < 1.29 is 0 Å². The Labute approximate surface area is 75.2 Å². The van der Waals surface area contributed by atoms with Gasteiger partial charge in [0.15, 0.2) is 0 Å². The molecule has 56 valence electrons. The average Bonchev–Trinajstić information content (AvgIpc) is 1.88. The van der Waals surface area contributed by atoms with Crippen molar-refractivity contribution in [3.05, 3.63) is 34.3 Å². The normalized spacial score (nSPS) is 8.60. The molecule has 0 aliphatic heterocycles. The molecule has 1 rings (SSSR count). The van der Waals surface area contributed by atoms with Crippen molar-refractivity contribution in [2.75, 3.05) is 0 Å². The molecule has 1 aromatic carbocycles. The summed E-state index contributed by atoms with van der Waals surface area (Å²) in [6.07, 6.45) is 0. The van der Waals surface area contributed by atoms with Crippen LogP contribution in [0.1, 0.15) is 5.56 Å². The zero-order valence-electron chi connectivity index (χ0n) is 5.38. The van der Waals surface area contributed by atoms with Crippen LogP contribution < -0.4 is 5.73 Å². The van der Waals surface area contributed by atoms with Gasteiger partial charge in [0.25, 0.3) is 0 Å². The van der Waals surface area contributed by atoms with E-state index in [4.69, 9.17) is 5.73 Å². The Morgan fingerprint density at radius 2 is 2.10 bits per heavy atom. The van der Waals surface area contributed by atoms with Gasteiger partial charge >= 0.3 is 0 Å². The summed E-state index contributed by atoms with van der Waals surface area (Å²) in [5.74, 6) is 0. The smallest absolute Gasteiger partial charge is 0.0178 e. The Kier molecular flexibility index (Phi) is 4.69. The molecule has 0 spiro atoms. The van der Waals surface area contributed by atoms with Crippen LogP contribution in [0.15, 0.2) is 28.7 Å². The molecule has 0 heterocycles. The summed E-state index contributed by atoms with van der Waals surface area (Å²) in [7, 11) is 0. The summed E-state index contributed by atoms with van der Waals surface area (Å²) in [5, 5.41) is 0. The van der Waals surface area contributed by atoms with Gasteiger partial charge in [-0.15, -0.1) is 12.4 Å². The van der Waals surface area contributed by atoms with Gasteiger partial charge < -0.3 is 5.73 Å². The van der Waals surface area contributed by atoms with E-state index in [0.29, 0.717) is 6.54 Å². The van der Waals surface area contributed by atoms with Crippen LogP contribution in [-0.2, 0) is 6.54 Å². The summed E-state index contributed by atoms with van der Waals surface area (Å²) < 4.78 is 1.09. The van der Waals surface area contributed by atoms with Crippen molar-refractivity contribution in [3.8, 4) is 0 Å². The van der Waals surface area contributed by atoms with Crippen molar-refractivity contribution in [1.29, 1.82) is 0 Å². The van der Waals surface area contributed by atoms with Gasteiger partial charge in [-0.25, -0.2) is 0 Å². The number of hydrogen-bond donors (Lipinski definition) is 1. The maximum atomic E-state index is 5.40. The van der Waals surface area contributed by atoms with Crippen LogP contribution in [-0.4, -0.2) is 0 Å². The number of rotatable bonds is 1. The van der Waals surface area contributed by atoms with Crippen LogP contribution in [0.25, 0.3) is 0 Å². The number of nitrogens with two attached hydrogens (primary N) is 1. The summed E-state index contributed by atoms with van der Waals surface area (Å²) >= 11 is 3.35. The van der Waals surface area contributed by atoms with E-state index >= 15 is 0 Å². The van der Waals surface area contributed by atoms with E-state index in [1.165, 1.54) is 0 Å². The molecule has 0 aliphatic rings. The van der Waals surface area contributed by atoms with Gasteiger partial charge in [-0.05, 0) is 17.7 Å². The SMILES string of the molecule is Cl.NCc1cccc(Br)c1. The molecule has 0 amide bonds. The number of benzene rings is 1. The highest BCUT2D eigenvalue weighted by atomic mass is 79.9. The van der Waals surface area contributed by atoms with Gasteiger partial charge in [-0.3, -0.25) is 0 Å². The molecule has 10 heavy (non-hydrogen) atoms. The Hall–Kier alpha value is -0.0500. The lowest BCUT2D eigenvalue weighted by Crippen LogP contribution is -1.94. The molecule has 0 atom stereocenters. The fraction of sp³-hybridized carbons (Fsp3) is 0.143. The molecule has 0 unspecified atom stereocenters. The molecule has 3 heteroatoms. The monoisotopic (exact) mass is 221 g/mol. The van der Waals surface area contributed by atoms with E-state index < -0.39 is 0 Å². The van der Waals surface area contributed by atoms with E-state index in [2.05, 4.69) is 15.9 Å². The molecular weight excluding hydrogens is 213 g/mol. The Morgan fingerprint density at radius 1 is 1.40 bits per heavy atom. The molecule has 0 bridgehead atoms. The van der Waals surface area contributed by atoms with Crippen LogP contribution in [0, 0.1) is 0 Å². The van der Waals surface area contributed by atoms with Crippen molar-refractivity contribution in [2.45, 2.75) is 6.54 Å². The lowest BCUT2D eigenvalue weighted by atomic mass is 10.2. The zero-order chi connectivity index (χ0) is 6.69. The van der Waals surface area contributed by atoms with Crippen molar-refractivity contribution in [3.63, 3.8) is 0 Å². The van der Waals surface area contributed by atoms with E-state index in [-0.39, 0.29) is 12.4 Å². The highest BCUT2D eigenvalue weighted by Crippen LogP contribution is 2.10. The maximum absolute atomic E-state index is 5.40. The van der Waals surface area contributed by atoms with Crippen LogP contribution in [0.4, 0.5) is 0 Å². The van der Waals surface area contributed by atoms with Gasteiger partial charge in [0.05, 0.1) is 0 Å². The number of hydrogen-bond acceptors (Lipinski definition) is 1. The largest absolute Gasteiger partial charge is 0.326 e. The molecule has 0 radical (unpaired) electrons. The summed E-state index contributed by atoms with van der Waals surface area (Å²) in [6, 6.07) is 7.98. The second-order valence-corrected chi connectivity index (χ2v) is 2.75. The quantitative estimate of drug-likeness (QED) is 0.775. The second-order valence-electron chi connectivity index (χ2n) is 1.83. The third-order valence-electron chi connectivity index (χ3n) is 1.12. The van der Waals surface area contributed by atoms with Crippen molar-refractivity contribution >= 4 is 28.3 Å². The van der Waals surface area contributed by atoms with Crippen LogP contribution in [0.5, 0.6) is 0 Å². The third-order valence-corrected chi connectivity index (χ3v) is 1.62. The fourth-order valence-corrected chi connectivity index (χ4v) is 1.11. The third kappa shape index (κ3) is 2.69. The molecular formula is C7H9BrClN. The lowest BCUT2D eigenvalue weighted by molar-refractivity contribution is 1.07. The maximum Gasteiger partial charge on any atom is 0.0178 e. The van der Waals surface area contributed by atoms with E-state index in [1.54, 1.807) is 0 Å². The minimum atomic E-state index is 0. The average molecular weight is 223 g/mol. The van der Waals surface area contributed by atoms with Gasteiger partial charge in [-0.1, -0.05) is 28.1 Å². The van der Waals surface area contributed by atoms with Crippen molar-refractivity contribution in [2.24, 2.45) is 5.73 Å². The van der Waals surface area contributed by atoms with Gasteiger partial charge in [0, 0.05) is 11.0 Å². The molecule has 0 aromatic heterocycles. The molecule has 1 aromatic rings. The first-order chi connectivity index (χ1) is 4.33. The molecule has 0 saturated heterocycles. The predicted octanol–water partition coefficient (Wildman–Crippen LogP) is 2.33. The van der Waals surface area contributed by atoms with Crippen LogP contribution >= 0.6 is 28.3 Å². The minimum absolute atomic E-state index is 0. The highest BCUT2D eigenvalue weighted by molar-refractivity contribution is 9.10. The first-order valence-corrected chi connectivity index (χ1v) is 3.57. The van der Waals surface area contributed by atoms with Crippen LogP contribution in [0.3, 0.4) is 0 Å². The molecule has 0 aliphatic carbocycles. The fourth-order valence-electron chi connectivity index (χ4n) is 0.664. The molecule has 1 nitrogen and oxygen atoms in total. The van der Waals surface area contributed by atoms with E-state index in [9.17, 15) is 0 Å². The predicted molar refractivity (Wildman–Crippen MR) is 49.3 cm³/mol. The van der Waals surface area contributed by atoms with Gasteiger partial charge in [0.1, 0.15) is 0 Å². The molecule has 0 saturated carbocycles. The Bertz CT molecular complexity index is 203. The zero-order valence-corrected chi connectivity index (χ0v) is 7.78. The lowest BCUT2D eigenvalue weighted by Gasteiger charge is -1.94. The minimum Gasteiger partial charge on any atom is -0.326 e. The van der Waals surface area contributed by atoms with Crippen molar-refractivity contribution in [1.82, 2.24) is 0 Å². The standard InChI is InChI=1S/C7H8BrN.ClH/c8-7-3-1-2-6(4-7)5-9;/h1-4H,5,9H2;1H. The van der Waals surface area contributed by atoms with E-state index in [0.717, 1.165) is 10.0 Å². The molecule has 0 fully saturated rings. The first kappa shape index (κ1) is 9.95. The second kappa shape index (κ2) is 4.72. The molecule has 2 N–H and O–H groups in total. The highest BCUT2D eigenvalue weighted by Gasteiger charge is 1.87. The topological polar surface area (TPSA) is 26.0 Å². The Balaban J connectivity index is 0.000000810. The van der Waals surface area contributed by atoms with Gasteiger partial charge in [-0.2, -0.15) is 0 Å². The summed E-state index contributed by atoms with van der Waals surface area (Å²) in [6.45, 7) is 0.611. The number of halogens is 2. The van der Waals surface area contributed by atoms with Crippen LogP contribution in [0.2, 0.25) is 0 Å². The summed E-state index contributed by atoms with van der Waals surface area (Å²) in [5.41, 5.74) is 6.55. The first-order valence-electron chi connectivity index (χ1n) is 2.77. The summed E-state index contributed by atoms with van der Waals surface area (Å²) in [4.78, 5) is 0. The Morgan fingerprint density at radius 3 is 2.50 bits per heavy atom. The van der Waals surface area contributed by atoms with Gasteiger partial charge in [0.2, 0.25) is 0 Å². The van der Waals surface area contributed by atoms with E-state index in [1.807, 2.05) is 24.3 Å².